The van der Waals surface area contributed by atoms with E-state index in [-0.39, 0.29) is 5.78 Å². The highest BCUT2D eigenvalue weighted by Gasteiger charge is 2.31. The summed E-state index contributed by atoms with van der Waals surface area (Å²) in [6.07, 6.45) is 3.15. The van der Waals surface area contributed by atoms with Gasteiger partial charge >= 0.3 is 0 Å². The summed E-state index contributed by atoms with van der Waals surface area (Å²) in [4.78, 5) is 11.1. The minimum atomic E-state index is 0.232. The molecule has 1 unspecified atom stereocenters. The van der Waals surface area contributed by atoms with Crippen LogP contribution in [0.25, 0.3) is 0 Å². The van der Waals surface area contributed by atoms with Gasteiger partial charge in [0.25, 0.3) is 0 Å². The van der Waals surface area contributed by atoms with Crippen LogP contribution < -0.4 is 5.43 Å². The van der Waals surface area contributed by atoms with Gasteiger partial charge in [-0.1, -0.05) is 24.3 Å². The highest BCUT2D eigenvalue weighted by Crippen LogP contribution is 2.34. The van der Waals surface area contributed by atoms with Crippen molar-refractivity contribution in [2.24, 2.45) is 5.92 Å². The van der Waals surface area contributed by atoms with Crippen LogP contribution in [0.1, 0.15) is 36.8 Å². The summed E-state index contributed by atoms with van der Waals surface area (Å²) in [5.41, 5.74) is 6.10. The second kappa shape index (κ2) is 5.43. The Morgan fingerprint density at radius 3 is 2.58 bits per heavy atom. The average molecular weight is 258 g/mol. The summed E-state index contributed by atoms with van der Waals surface area (Å²) < 4.78 is 0. The molecule has 0 spiro atoms. The summed E-state index contributed by atoms with van der Waals surface area (Å²) in [7, 11) is 0. The molecule has 3 heterocycles. The molecule has 1 N–H and O–H groups in total. The molecule has 3 saturated heterocycles. The van der Waals surface area contributed by atoms with Crippen LogP contribution in [-0.4, -0.2) is 30.4 Å². The molecule has 102 valence electrons. The quantitative estimate of drug-likeness (QED) is 0.901. The van der Waals surface area contributed by atoms with Crippen molar-refractivity contribution in [1.82, 2.24) is 10.4 Å². The molecule has 3 aliphatic rings. The molecule has 1 aromatic rings. The van der Waals surface area contributed by atoms with Gasteiger partial charge in [-0.05, 0) is 36.8 Å². The van der Waals surface area contributed by atoms with E-state index in [2.05, 4.69) is 34.7 Å². The summed E-state index contributed by atoms with van der Waals surface area (Å²) in [5.74, 6) is 1.67. The molecule has 0 aromatic heterocycles. The largest absolute Gasteiger partial charge is 0.300 e. The number of hydrazine groups is 1. The van der Waals surface area contributed by atoms with Gasteiger partial charge in [0.2, 0.25) is 0 Å². The Morgan fingerprint density at radius 1 is 1.26 bits per heavy atom. The van der Waals surface area contributed by atoms with E-state index in [1.54, 1.807) is 6.92 Å². The molecule has 0 aliphatic carbocycles. The first-order chi connectivity index (χ1) is 9.22. The lowest BCUT2D eigenvalue weighted by Gasteiger charge is -2.28. The van der Waals surface area contributed by atoms with Gasteiger partial charge in [-0.15, -0.1) is 0 Å². The van der Waals surface area contributed by atoms with Crippen molar-refractivity contribution in [3.8, 4) is 0 Å². The number of hydrogen-bond acceptors (Lipinski definition) is 3. The SMILES string of the molecule is CC(=O)Cc1ccc(C2CNN3CCC2CC3)cc1. The molecule has 0 saturated carbocycles. The van der Waals surface area contributed by atoms with Crippen molar-refractivity contribution in [3.05, 3.63) is 35.4 Å². The molecule has 0 amide bonds. The van der Waals surface area contributed by atoms with Crippen LogP contribution in [0.2, 0.25) is 0 Å². The van der Waals surface area contributed by atoms with Gasteiger partial charge in [0.1, 0.15) is 5.78 Å². The third-order valence-corrected chi connectivity index (χ3v) is 4.50. The van der Waals surface area contributed by atoms with E-state index in [4.69, 9.17) is 0 Å². The minimum Gasteiger partial charge on any atom is -0.300 e. The van der Waals surface area contributed by atoms with E-state index < -0.39 is 0 Å². The van der Waals surface area contributed by atoms with Crippen molar-refractivity contribution in [3.63, 3.8) is 0 Å². The predicted molar refractivity (Wildman–Crippen MR) is 75.9 cm³/mol. The smallest absolute Gasteiger partial charge is 0.134 e. The number of nitrogens with one attached hydrogen (secondary N) is 1. The Morgan fingerprint density at radius 2 is 1.95 bits per heavy atom. The van der Waals surface area contributed by atoms with Gasteiger partial charge in [0.05, 0.1) is 0 Å². The molecule has 3 aliphatic heterocycles. The minimum absolute atomic E-state index is 0.232. The number of piperidine rings is 1. The lowest BCUT2D eigenvalue weighted by atomic mass is 9.81. The first kappa shape index (κ1) is 12.8. The zero-order valence-corrected chi connectivity index (χ0v) is 11.6. The molecule has 3 fully saturated rings. The maximum Gasteiger partial charge on any atom is 0.134 e. The third kappa shape index (κ3) is 2.88. The van der Waals surface area contributed by atoms with Crippen molar-refractivity contribution in [1.29, 1.82) is 0 Å². The maximum absolute atomic E-state index is 11.1. The molecule has 0 radical (unpaired) electrons. The highest BCUT2D eigenvalue weighted by molar-refractivity contribution is 5.78. The number of fused-ring (bicyclic) bond motifs is 4. The zero-order valence-electron chi connectivity index (χ0n) is 11.6. The fourth-order valence-corrected chi connectivity index (χ4v) is 3.41. The topological polar surface area (TPSA) is 32.3 Å². The molecule has 1 aromatic carbocycles. The summed E-state index contributed by atoms with van der Waals surface area (Å²) in [5, 5.41) is 2.36. The fraction of sp³-hybridized carbons (Fsp3) is 0.562. The van der Waals surface area contributed by atoms with Crippen molar-refractivity contribution in [2.45, 2.75) is 32.1 Å². The van der Waals surface area contributed by atoms with E-state index >= 15 is 0 Å². The van der Waals surface area contributed by atoms with Crippen LogP contribution in [0.3, 0.4) is 0 Å². The van der Waals surface area contributed by atoms with Crippen molar-refractivity contribution >= 4 is 5.78 Å². The van der Waals surface area contributed by atoms with Gasteiger partial charge < -0.3 is 0 Å². The number of benzene rings is 1. The van der Waals surface area contributed by atoms with Crippen LogP contribution >= 0.6 is 0 Å². The Hall–Kier alpha value is -1.19. The molecule has 4 rings (SSSR count). The number of rotatable bonds is 3. The standard InChI is InChI=1S/C16H22N2O/c1-12(19)10-13-2-4-14(5-3-13)16-11-17-18-8-6-15(16)7-9-18/h2-5,15-17H,6-11H2,1H3. The van der Waals surface area contributed by atoms with E-state index in [0.29, 0.717) is 12.3 Å². The van der Waals surface area contributed by atoms with E-state index in [9.17, 15) is 4.79 Å². The van der Waals surface area contributed by atoms with Crippen LogP contribution in [0.4, 0.5) is 0 Å². The van der Waals surface area contributed by atoms with Crippen LogP contribution in [0, 0.1) is 5.92 Å². The Labute approximate surface area is 115 Å². The Bertz CT molecular complexity index is 446. The number of nitrogens with zero attached hydrogens (tertiary/aromatic N) is 1. The molecule has 2 bridgehead atoms. The number of hydrogen-bond donors (Lipinski definition) is 1. The number of Topliss-reactive ketones (excluding diaryl/α,β-unsaturated/α-hetero) is 1. The normalized spacial score (nSPS) is 30.1. The van der Waals surface area contributed by atoms with E-state index in [1.807, 2.05) is 0 Å². The van der Waals surface area contributed by atoms with Gasteiger partial charge in [-0.2, -0.15) is 0 Å². The fourth-order valence-electron chi connectivity index (χ4n) is 3.41. The summed E-state index contributed by atoms with van der Waals surface area (Å²) >= 11 is 0. The van der Waals surface area contributed by atoms with Crippen LogP contribution in [0.5, 0.6) is 0 Å². The number of carbonyl (C=O) groups excluding carboxylic acids is 1. The van der Waals surface area contributed by atoms with Crippen LogP contribution in [-0.2, 0) is 11.2 Å². The van der Waals surface area contributed by atoms with Crippen molar-refractivity contribution < 1.29 is 4.79 Å². The third-order valence-electron chi connectivity index (χ3n) is 4.50. The molecule has 3 nitrogen and oxygen atoms in total. The molecule has 19 heavy (non-hydrogen) atoms. The molecule has 3 heteroatoms. The average Bonchev–Trinajstić information content (AvgIpc) is 2.73. The second-order valence-electron chi connectivity index (χ2n) is 5.91. The number of ketones is 1. The lowest BCUT2D eigenvalue weighted by Crippen LogP contribution is -2.39. The lowest BCUT2D eigenvalue weighted by molar-refractivity contribution is -0.116. The predicted octanol–water partition coefficient (Wildman–Crippen LogP) is 2.13. The van der Waals surface area contributed by atoms with Gasteiger partial charge in [-0.25, -0.2) is 5.01 Å². The molecular weight excluding hydrogens is 236 g/mol. The number of carbonyl (C=O) groups is 1. The second-order valence-corrected chi connectivity index (χ2v) is 5.91. The maximum atomic E-state index is 11.1. The molecule has 1 atom stereocenters. The Kier molecular flexibility index (Phi) is 3.67. The first-order valence-electron chi connectivity index (χ1n) is 7.29. The summed E-state index contributed by atoms with van der Waals surface area (Å²) in [6.45, 7) is 5.07. The van der Waals surface area contributed by atoms with Gasteiger partial charge in [0.15, 0.2) is 0 Å². The highest BCUT2D eigenvalue weighted by atomic mass is 16.1. The Balaban J connectivity index is 1.76. The summed E-state index contributed by atoms with van der Waals surface area (Å²) in [6, 6.07) is 8.68. The van der Waals surface area contributed by atoms with E-state index in [0.717, 1.165) is 18.0 Å². The first-order valence-corrected chi connectivity index (χ1v) is 7.29. The van der Waals surface area contributed by atoms with E-state index in [1.165, 1.54) is 31.5 Å². The van der Waals surface area contributed by atoms with Crippen LogP contribution in [0.15, 0.2) is 24.3 Å². The van der Waals surface area contributed by atoms with Crippen molar-refractivity contribution in [2.75, 3.05) is 19.6 Å². The monoisotopic (exact) mass is 258 g/mol. The van der Waals surface area contributed by atoms with Gasteiger partial charge in [0, 0.05) is 32.0 Å². The zero-order chi connectivity index (χ0) is 13.2. The van der Waals surface area contributed by atoms with Gasteiger partial charge in [-0.3, -0.25) is 10.2 Å². The molecular formula is C16H22N2O.